The Kier molecular flexibility index (Phi) is 6.23. The van der Waals surface area contributed by atoms with Crippen LogP contribution in [0.25, 0.3) is 0 Å². The van der Waals surface area contributed by atoms with E-state index in [2.05, 4.69) is 5.32 Å². The lowest BCUT2D eigenvalue weighted by Crippen LogP contribution is -2.39. The predicted molar refractivity (Wildman–Crippen MR) is 97.5 cm³/mol. The number of hydrogen-bond acceptors (Lipinski definition) is 2. The lowest BCUT2D eigenvalue weighted by molar-refractivity contribution is -0.123. The zero-order valence-corrected chi connectivity index (χ0v) is 15.0. The van der Waals surface area contributed by atoms with E-state index in [1.165, 1.54) is 11.8 Å². The summed E-state index contributed by atoms with van der Waals surface area (Å²) < 4.78 is 0. The van der Waals surface area contributed by atoms with Gasteiger partial charge in [-0.05, 0) is 30.7 Å². The van der Waals surface area contributed by atoms with Gasteiger partial charge in [-0.2, -0.15) is 0 Å². The Labute approximate surface area is 151 Å². The molecule has 0 unspecified atom stereocenters. The van der Waals surface area contributed by atoms with E-state index < -0.39 is 0 Å². The average molecular weight is 365 g/mol. The van der Waals surface area contributed by atoms with E-state index >= 15 is 0 Å². The van der Waals surface area contributed by atoms with Crippen LogP contribution in [0.4, 0.5) is 5.69 Å². The van der Waals surface area contributed by atoms with Gasteiger partial charge in [0.25, 0.3) is 0 Å². The first kappa shape index (κ1) is 18.3. The zero-order chi connectivity index (χ0) is 17.7. The standard InChI is InChI=1S/C18H18Cl2N2O2/c1-12-4-3-5-14(8-12)10-21-18(24)11-22(13(2)23)17-7-6-15(19)9-16(17)20/h3-9H,10-11H2,1-2H3,(H,21,24). The quantitative estimate of drug-likeness (QED) is 0.872. The molecule has 0 aliphatic rings. The van der Waals surface area contributed by atoms with Crippen LogP contribution in [-0.4, -0.2) is 18.4 Å². The van der Waals surface area contributed by atoms with Gasteiger partial charge in [-0.3, -0.25) is 9.59 Å². The molecule has 0 bridgehead atoms. The number of rotatable bonds is 5. The molecule has 0 saturated heterocycles. The van der Waals surface area contributed by atoms with Crippen molar-refractivity contribution in [1.82, 2.24) is 5.32 Å². The smallest absolute Gasteiger partial charge is 0.240 e. The van der Waals surface area contributed by atoms with Crippen molar-refractivity contribution in [3.05, 3.63) is 63.6 Å². The van der Waals surface area contributed by atoms with Gasteiger partial charge in [-0.15, -0.1) is 0 Å². The molecule has 2 aromatic rings. The minimum Gasteiger partial charge on any atom is -0.350 e. The molecule has 2 aromatic carbocycles. The molecule has 4 nitrogen and oxygen atoms in total. The second-order valence-corrected chi connectivity index (χ2v) is 6.31. The van der Waals surface area contributed by atoms with Crippen LogP contribution >= 0.6 is 23.2 Å². The van der Waals surface area contributed by atoms with Gasteiger partial charge in [0.15, 0.2) is 0 Å². The fraction of sp³-hybridized carbons (Fsp3) is 0.222. The number of anilines is 1. The van der Waals surface area contributed by atoms with Crippen LogP contribution in [0, 0.1) is 6.92 Å². The van der Waals surface area contributed by atoms with Crippen molar-refractivity contribution in [1.29, 1.82) is 0 Å². The molecule has 0 radical (unpaired) electrons. The molecular formula is C18H18Cl2N2O2. The van der Waals surface area contributed by atoms with Gasteiger partial charge < -0.3 is 10.2 Å². The number of benzene rings is 2. The lowest BCUT2D eigenvalue weighted by Gasteiger charge is -2.22. The Morgan fingerprint density at radius 2 is 1.88 bits per heavy atom. The van der Waals surface area contributed by atoms with Crippen LogP contribution in [0.15, 0.2) is 42.5 Å². The summed E-state index contributed by atoms with van der Waals surface area (Å²) >= 11 is 12.0. The van der Waals surface area contributed by atoms with Gasteiger partial charge in [0.2, 0.25) is 11.8 Å². The molecule has 0 aromatic heterocycles. The zero-order valence-electron chi connectivity index (χ0n) is 13.5. The van der Waals surface area contributed by atoms with Gasteiger partial charge >= 0.3 is 0 Å². The number of carbonyl (C=O) groups excluding carboxylic acids is 2. The molecule has 0 atom stereocenters. The highest BCUT2D eigenvalue weighted by Gasteiger charge is 2.18. The van der Waals surface area contributed by atoms with Crippen molar-refractivity contribution in [2.75, 3.05) is 11.4 Å². The summed E-state index contributed by atoms with van der Waals surface area (Å²) in [4.78, 5) is 25.4. The topological polar surface area (TPSA) is 49.4 Å². The van der Waals surface area contributed by atoms with Crippen LogP contribution in [0.3, 0.4) is 0 Å². The normalized spacial score (nSPS) is 10.3. The molecule has 24 heavy (non-hydrogen) atoms. The molecule has 126 valence electrons. The number of carbonyl (C=O) groups is 2. The van der Waals surface area contributed by atoms with Crippen LogP contribution in [0.1, 0.15) is 18.1 Å². The summed E-state index contributed by atoms with van der Waals surface area (Å²) in [5.41, 5.74) is 2.58. The second kappa shape index (κ2) is 8.18. The average Bonchev–Trinajstić information content (AvgIpc) is 2.51. The van der Waals surface area contributed by atoms with Gasteiger partial charge in [0.1, 0.15) is 6.54 Å². The molecular weight excluding hydrogens is 347 g/mol. The van der Waals surface area contributed by atoms with E-state index in [0.717, 1.165) is 11.1 Å². The van der Waals surface area contributed by atoms with E-state index in [4.69, 9.17) is 23.2 Å². The molecule has 6 heteroatoms. The van der Waals surface area contributed by atoms with Crippen molar-refractivity contribution in [3.8, 4) is 0 Å². The Morgan fingerprint density at radius 3 is 2.50 bits per heavy atom. The molecule has 0 fully saturated rings. The molecule has 1 N–H and O–H groups in total. The highest BCUT2D eigenvalue weighted by atomic mass is 35.5. The lowest BCUT2D eigenvalue weighted by atomic mass is 10.1. The third kappa shape index (κ3) is 4.98. The van der Waals surface area contributed by atoms with E-state index in [-0.39, 0.29) is 18.4 Å². The second-order valence-electron chi connectivity index (χ2n) is 5.47. The highest BCUT2D eigenvalue weighted by Crippen LogP contribution is 2.28. The summed E-state index contributed by atoms with van der Waals surface area (Å²) in [6.07, 6.45) is 0. The minimum absolute atomic E-state index is 0.109. The number of halogens is 2. The number of nitrogens with one attached hydrogen (secondary N) is 1. The molecule has 0 heterocycles. The highest BCUT2D eigenvalue weighted by molar-refractivity contribution is 6.36. The Hall–Kier alpha value is -2.04. The van der Waals surface area contributed by atoms with Crippen LogP contribution < -0.4 is 10.2 Å². The third-order valence-electron chi connectivity index (χ3n) is 3.45. The molecule has 0 aliphatic carbocycles. The van der Waals surface area contributed by atoms with E-state index in [0.29, 0.717) is 22.3 Å². The van der Waals surface area contributed by atoms with Crippen LogP contribution in [0.2, 0.25) is 10.0 Å². The van der Waals surface area contributed by atoms with Crippen molar-refractivity contribution in [2.24, 2.45) is 0 Å². The summed E-state index contributed by atoms with van der Waals surface area (Å²) in [7, 11) is 0. The van der Waals surface area contributed by atoms with Gasteiger partial charge in [0, 0.05) is 18.5 Å². The first-order valence-electron chi connectivity index (χ1n) is 7.42. The maximum absolute atomic E-state index is 12.2. The third-order valence-corrected chi connectivity index (χ3v) is 3.99. The van der Waals surface area contributed by atoms with Crippen molar-refractivity contribution >= 4 is 40.7 Å². The molecule has 2 rings (SSSR count). The fourth-order valence-electron chi connectivity index (χ4n) is 2.29. The Morgan fingerprint density at radius 1 is 1.12 bits per heavy atom. The van der Waals surface area contributed by atoms with E-state index in [9.17, 15) is 9.59 Å². The maximum Gasteiger partial charge on any atom is 0.240 e. The first-order chi connectivity index (χ1) is 11.4. The van der Waals surface area contributed by atoms with Gasteiger partial charge in [0.05, 0.1) is 10.7 Å². The number of aryl methyl sites for hydroxylation is 1. The Balaban J connectivity index is 2.05. The molecule has 0 spiro atoms. The van der Waals surface area contributed by atoms with E-state index in [1.807, 2.05) is 31.2 Å². The predicted octanol–water partition coefficient (Wildman–Crippen LogP) is 3.97. The largest absolute Gasteiger partial charge is 0.350 e. The number of nitrogens with zero attached hydrogens (tertiary/aromatic N) is 1. The minimum atomic E-state index is -0.273. The van der Waals surface area contributed by atoms with Crippen LogP contribution in [-0.2, 0) is 16.1 Å². The van der Waals surface area contributed by atoms with Crippen LogP contribution in [0.5, 0.6) is 0 Å². The van der Waals surface area contributed by atoms with Crippen molar-refractivity contribution in [2.45, 2.75) is 20.4 Å². The first-order valence-corrected chi connectivity index (χ1v) is 8.18. The maximum atomic E-state index is 12.2. The summed E-state index contributed by atoms with van der Waals surface area (Å²) in [5, 5.41) is 3.60. The summed E-state index contributed by atoms with van der Waals surface area (Å²) in [6.45, 7) is 3.67. The molecule has 0 saturated carbocycles. The summed E-state index contributed by atoms with van der Waals surface area (Å²) in [5.74, 6) is -0.539. The van der Waals surface area contributed by atoms with Crippen molar-refractivity contribution in [3.63, 3.8) is 0 Å². The van der Waals surface area contributed by atoms with E-state index in [1.54, 1.807) is 18.2 Å². The SMILES string of the molecule is CC(=O)N(CC(=O)NCc1cccc(C)c1)c1ccc(Cl)cc1Cl. The number of hydrogen-bond donors (Lipinski definition) is 1. The van der Waals surface area contributed by atoms with Crippen molar-refractivity contribution < 1.29 is 9.59 Å². The summed E-state index contributed by atoms with van der Waals surface area (Å²) in [6, 6.07) is 12.7. The fourth-order valence-corrected chi connectivity index (χ4v) is 2.80. The molecule has 0 aliphatic heterocycles. The van der Waals surface area contributed by atoms with Gasteiger partial charge in [-0.25, -0.2) is 0 Å². The molecule has 2 amide bonds. The Bertz CT molecular complexity index is 762. The van der Waals surface area contributed by atoms with Gasteiger partial charge in [-0.1, -0.05) is 53.0 Å². The number of amides is 2. The monoisotopic (exact) mass is 364 g/mol.